The minimum Gasteiger partial charge on any atom is -0.425 e. The van der Waals surface area contributed by atoms with Crippen LogP contribution in [0.5, 0.6) is 0 Å². The van der Waals surface area contributed by atoms with Crippen molar-refractivity contribution < 1.29 is 4.65 Å². The number of para-hydroxylation sites is 1. The van der Waals surface area contributed by atoms with E-state index in [1.54, 1.807) is 0 Å². The van der Waals surface area contributed by atoms with E-state index in [2.05, 4.69) is 99.6 Å². The number of anilines is 2. The zero-order valence-corrected chi connectivity index (χ0v) is 23.0. The molecule has 2 heterocycles. The molecule has 0 saturated carbocycles. The van der Waals surface area contributed by atoms with Crippen LogP contribution in [0.25, 0.3) is 0 Å². The van der Waals surface area contributed by atoms with Crippen molar-refractivity contribution in [1.29, 1.82) is 0 Å². The first-order chi connectivity index (χ1) is 15.7. The Morgan fingerprint density at radius 1 is 1.15 bits per heavy atom. The Kier molecular flexibility index (Phi) is 7.50. The van der Waals surface area contributed by atoms with Crippen LogP contribution in [0.15, 0.2) is 52.3 Å². The van der Waals surface area contributed by atoms with Crippen molar-refractivity contribution in [3.8, 4) is 0 Å². The van der Waals surface area contributed by atoms with Gasteiger partial charge in [-0.1, -0.05) is 51.8 Å². The standard InChI is InChI=1S/C27H39BN2OS2/c1-8-9-13-21-18-30(20-14-11-10-12-15-20)23-17-24(32-7)22(16-25(23)33-29(21)6)28-19-26(2,3)27(4,5)31-28/h10-12,14-17,21H,8-9,13,18-19H2,1-7H3. The van der Waals surface area contributed by atoms with Gasteiger partial charge in [0, 0.05) is 28.1 Å². The summed E-state index contributed by atoms with van der Waals surface area (Å²) in [5, 5.41) is 0. The minimum absolute atomic E-state index is 0.134. The fourth-order valence-corrected chi connectivity index (χ4v) is 6.67. The maximum atomic E-state index is 6.68. The number of benzene rings is 2. The van der Waals surface area contributed by atoms with Crippen LogP contribution in [0.3, 0.4) is 0 Å². The summed E-state index contributed by atoms with van der Waals surface area (Å²) in [6, 6.07) is 16.3. The first-order valence-electron chi connectivity index (χ1n) is 12.3. The van der Waals surface area contributed by atoms with E-state index in [0.29, 0.717) is 6.04 Å². The van der Waals surface area contributed by atoms with Gasteiger partial charge in [0.15, 0.2) is 0 Å². The molecule has 0 spiro atoms. The Bertz CT molecular complexity index is 950. The zero-order valence-electron chi connectivity index (χ0n) is 21.4. The molecule has 0 aliphatic carbocycles. The summed E-state index contributed by atoms with van der Waals surface area (Å²) in [7, 11) is 2.27. The van der Waals surface area contributed by atoms with Crippen LogP contribution in [0.2, 0.25) is 6.32 Å². The average molecular weight is 483 g/mol. The number of hydrogen-bond acceptors (Lipinski definition) is 5. The second-order valence-electron chi connectivity index (χ2n) is 10.6. The van der Waals surface area contributed by atoms with Crippen molar-refractivity contribution in [3.05, 3.63) is 42.5 Å². The molecule has 1 atom stereocenters. The molecule has 2 aromatic rings. The van der Waals surface area contributed by atoms with E-state index < -0.39 is 0 Å². The molecule has 6 heteroatoms. The highest BCUT2D eigenvalue weighted by Gasteiger charge is 2.50. The lowest BCUT2D eigenvalue weighted by Gasteiger charge is -2.34. The van der Waals surface area contributed by atoms with Crippen LogP contribution < -0.4 is 10.4 Å². The summed E-state index contributed by atoms with van der Waals surface area (Å²) in [6.07, 6.45) is 6.96. The fraction of sp³-hybridized carbons (Fsp3) is 0.556. The smallest absolute Gasteiger partial charge is 0.329 e. The molecule has 1 unspecified atom stereocenters. The van der Waals surface area contributed by atoms with Crippen molar-refractivity contribution in [2.24, 2.45) is 5.41 Å². The number of fused-ring (bicyclic) bond motifs is 1. The Hall–Kier alpha value is -1.08. The van der Waals surface area contributed by atoms with Gasteiger partial charge in [0.25, 0.3) is 0 Å². The van der Waals surface area contributed by atoms with Gasteiger partial charge in [-0.25, -0.2) is 4.31 Å². The van der Waals surface area contributed by atoms with Gasteiger partial charge in [0.1, 0.15) is 0 Å². The summed E-state index contributed by atoms with van der Waals surface area (Å²) in [5.74, 6) is 0. The van der Waals surface area contributed by atoms with Gasteiger partial charge in [-0.3, -0.25) is 0 Å². The summed E-state index contributed by atoms with van der Waals surface area (Å²) in [4.78, 5) is 5.21. The van der Waals surface area contributed by atoms with Gasteiger partial charge < -0.3 is 9.55 Å². The van der Waals surface area contributed by atoms with Crippen LogP contribution in [0.4, 0.5) is 11.4 Å². The van der Waals surface area contributed by atoms with Crippen LogP contribution >= 0.6 is 23.7 Å². The molecule has 2 aliphatic heterocycles. The van der Waals surface area contributed by atoms with Crippen molar-refractivity contribution >= 4 is 47.5 Å². The fourth-order valence-electron chi connectivity index (χ4n) is 4.94. The van der Waals surface area contributed by atoms with Gasteiger partial charge in [-0.05, 0) is 87.0 Å². The molecular formula is C27H39BN2OS2. The first-order valence-corrected chi connectivity index (χ1v) is 14.3. The molecule has 1 fully saturated rings. The Balaban J connectivity index is 1.79. The van der Waals surface area contributed by atoms with E-state index in [1.807, 2.05) is 23.7 Å². The lowest BCUT2D eigenvalue weighted by atomic mass is 9.54. The Labute approximate surface area is 210 Å². The quantitative estimate of drug-likeness (QED) is 0.247. The highest BCUT2D eigenvalue weighted by molar-refractivity contribution is 7.99. The lowest BCUT2D eigenvalue weighted by molar-refractivity contribution is 0.0375. The largest absolute Gasteiger partial charge is 0.425 e. The molecule has 2 aliphatic rings. The van der Waals surface area contributed by atoms with E-state index in [1.165, 1.54) is 45.9 Å². The number of nitrogens with zero attached hydrogens (tertiary/aromatic N) is 2. The van der Waals surface area contributed by atoms with E-state index in [4.69, 9.17) is 4.65 Å². The molecule has 4 rings (SSSR count). The molecule has 3 nitrogen and oxygen atoms in total. The maximum absolute atomic E-state index is 6.68. The predicted octanol–water partition coefficient (Wildman–Crippen LogP) is 7.09. The molecule has 2 aromatic carbocycles. The molecular weight excluding hydrogens is 443 g/mol. The molecule has 0 amide bonds. The number of rotatable bonds is 6. The van der Waals surface area contributed by atoms with E-state index in [-0.39, 0.29) is 17.9 Å². The highest BCUT2D eigenvalue weighted by Crippen LogP contribution is 2.47. The van der Waals surface area contributed by atoms with Crippen LogP contribution in [0.1, 0.15) is 53.9 Å². The summed E-state index contributed by atoms with van der Waals surface area (Å²) < 4.78 is 9.17. The third kappa shape index (κ3) is 5.00. The van der Waals surface area contributed by atoms with E-state index in [9.17, 15) is 0 Å². The number of thioether (sulfide) groups is 1. The van der Waals surface area contributed by atoms with Gasteiger partial charge in [0.05, 0.1) is 11.3 Å². The van der Waals surface area contributed by atoms with Crippen LogP contribution in [-0.2, 0) is 4.65 Å². The first kappa shape index (κ1) is 25.0. The third-order valence-electron chi connectivity index (χ3n) is 7.82. The second-order valence-corrected chi connectivity index (χ2v) is 12.7. The van der Waals surface area contributed by atoms with E-state index in [0.717, 1.165) is 12.9 Å². The highest BCUT2D eigenvalue weighted by atomic mass is 32.2. The zero-order chi connectivity index (χ0) is 23.8. The Morgan fingerprint density at radius 3 is 2.48 bits per heavy atom. The summed E-state index contributed by atoms with van der Waals surface area (Å²) >= 11 is 3.75. The molecule has 0 N–H and O–H groups in total. The molecule has 178 valence electrons. The molecule has 0 bridgehead atoms. The van der Waals surface area contributed by atoms with Crippen molar-refractivity contribution in [2.45, 2.75) is 81.6 Å². The maximum Gasteiger partial charge on any atom is 0.329 e. The predicted molar refractivity (Wildman–Crippen MR) is 148 cm³/mol. The van der Waals surface area contributed by atoms with Gasteiger partial charge in [-0.15, -0.1) is 11.8 Å². The number of unbranched alkanes of at least 4 members (excludes halogenated alkanes) is 1. The second kappa shape index (κ2) is 9.89. The molecule has 33 heavy (non-hydrogen) atoms. The molecule has 0 radical (unpaired) electrons. The third-order valence-corrected chi connectivity index (χ3v) is 9.72. The lowest BCUT2D eigenvalue weighted by Crippen LogP contribution is -2.37. The minimum atomic E-state index is -0.134. The SMILES string of the molecule is CCCCC1CN(c2ccccc2)c2cc(SC)c(B3CC(C)(C)C(C)(C)O3)cc2SN1C. The van der Waals surface area contributed by atoms with Gasteiger partial charge in [0.2, 0.25) is 0 Å². The topological polar surface area (TPSA) is 15.7 Å². The normalized spacial score (nSPS) is 22.3. The van der Waals surface area contributed by atoms with Crippen molar-refractivity contribution in [1.82, 2.24) is 4.31 Å². The summed E-state index contributed by atoms with van der Waals surface area (Å²) in [6.45, 7) is 12.6. The van der Waals surface area contributed by atoms with Gasteiger partial charge in [-0.2, -0.15) is 0 Å². The molecule has 0 aromatic heterocycles. The van der Waals surface area contributed by atoms with Crippen molar-refractivity contribution in [2.75, 3.05) is 24.7 Å². The van der Waals surface area contributed by atoms with Gasteiger partial charge >= 0.3 is 6.92 Å². The number of likely N-dealkylation sites (N-methyl/N-ethyl adjacent to an activating group) is 1. The van der Waals surface area contributed by atoms with E-state index >= 15 is 0 Å². The monoisotopic (exact) mass is 482 g/mol. The van der Waals surface area contributed by atoms with Crippen LogP contribution in [0, 0.1) is 5.41 Å². The van der Waals surface area contributed by atoms with Crippen molar-refractivity contribution in [3.63, 3.8) is 0 Å². The summed E-state index contributed by atoms with van der Waals surface area (Å²) in [5.41, 5.74) is 3.95. The number of hydrogen-bond donors (Lipinski definition) is 0. The average Bonchev–Trinajstić information content (AvgIpc) is 2.92. The Morgan fingerprint density at radius 2 is 1.88 bits per heavy atom. The van der Waals surface area contributed by atoms with Crippen LogP contribution in [-0.4, -0.2) is 42.7 Å². The molecule has 1 saturated heterocycles.